The van der Waals surface area contributed by atoms with Gasteiger partial charge in [-0.15, -0.1) is 0 Å². The van der Waals surface area contributed by atoms with E-state index in [4.69, 9.17) is 16.2 Å². The Morgan fingerprint density at radius 1 is 0.909 bits per heavy atom. The molecule has 0 saturated carbocycles. The Bertz CT molecular complexity index is 1290. The second-order valence-electron chi connectivity index (χ2n) is 8.12. The first-order valence-corrected chi connectivity index (χ1v) is 10.8. The SMILES string of the molecule is C=C(C(=O)Oc1ccc(CCc2ccn(-c3cc(N)ccc3N)c2)cc1)c1ccc(C)cc1. The lowest BCUT2D eigenvalue weighted by Gasteiger charge is -2.08. The van der Waals surface area contributed by atoms with Crippen molar-refractivity contribution in [1.82, 2.24) is 4.57 Å². The Labute approximate surface area is 193 Å². The fourth-order valence-electron chi connectivity index (χ4n) is 3.58. The smallest absolute Gasteiger partial charge is 0.343 e. The molecule has 0 saturated heterocycles. The van der Waals surface area contributed by atoms with E-state index in [0.717, 1.165) is 35.2 Å². The van der Waals surface area contributed by atoms with Gasteiger partial charge in [0.1, 0.15) is 5.75 Å². The number of hydrogen-bond donors (Lipinski definition) is 2. The Morgan fingerprint density at radius 3 is 2.33 bits per heavy atom. The average molecular weight is 438 g/mol. The van der Waals surface area contributed by atoms with Gasteiger partial charge in [0.05, 0.1) is 16.9 Å². The topological polar surface area (TPSA) is 83.3 Å². The standard InChI is InChI=1S/C28H27N3O2/c1-19-3-9-23(10-4-19)20(2)28(32)33-25-12-7-21(8-13-25)5-6-22-15-16-31(18-22)27-17-24(29)11-14-26(27)30/h3-4,7-18H,2,5-6,29-30H2,1H3. The quantitative estimate of drug-likeness (QED) is 0.177. The summed E-state index contributed by atoms with van der Waals surface area (Å²) in [5, 5.41) is 0. The highest BCUT2D eigenvalue weighted by molar-refractivity contribution is 6.16. The molecule has 0 aliphatic rings. The van der Waals surface area contributed by atoms with Crippen LogP contribution in [-0.4, -0.2) is 10.5 Å². The van der Waals surface area contributed by atoms with Crippen LogP contribution in [0.5, 0.6) is 5.75 Å². The number of aromatic nitrogens is 1. The number of carbonyl (C=O) groups is 1. The van der Waals surface area contributed by atoms with Crippen molar-refractivity contribution in [2.24, 2.45) is 0 Å². The second-order valence-corrected chi connectivity index (χ2v) is 8.12. The maximum atomic E-state index is 12.4. The molecule has 0 aliphatic carbocycles. The van der Waals surface area contributed by atoms with Gasteiger partial charge in [0, 0.05) is 18.1 Å². The van der Waals surface area contributed by atoms with Gasteiger partial charge in [0.15, 0.2) is 0 Å². The van der Waals surface area contributed by atoms with E-state index in [2.05, 4.69) is 18.8 Å². The van der Waals surface area contributed by atoms with E-state index >= 15 is 0 Å². The summed E-state index contributed by atoms with van der Waals surface area (Å²) in [6.45, 7) is 5.87. The first-order chi connectivity index (χ1) is 15.9. The van der Waals surface area contributed by atoms with Crippen LogP contribution in [0, 0.1) is 6.92 Å². The lowest BCUT2D eigenvalue weighted by molar-refractivity contribution is -0.127. The molecule has 1 heterocycles. The van der Waals surface area contributed by atoms with Gasteiger partial charge < -0.3 is 20.8 Å². The zero-order valence-corrected chi connectivity index (χ0v) is 18.6. The van der Waals surface area contributed by atoms with E-state index in [1.54, 1.807) is 6.07 Å². The number of hydrogen-bond acceptors (Lipinski definition) is 4. The molecule has 166 valence electrons. The molecular weight excluding hydrogens is 410 g/mol. The molecule has 5 heteroatoms. The number of nitrogens with two attached hydrogens (primary N) is 2. The maximum absolute atomic E-state index is 12.4. The van der Waals surface area contributed by atoms with Gasteiger partial charge in [-0.05, 0) is 72.9 Å². The Balaban J connectivity index is 1.34. The van der Waals surface area contributed by atoms with Crippen molar-refractivity contribution in [3.63, 3.8) is 0 Å². The van der Waals surface area contributed by atoms with Crippen LogP contribution < -0.4 is 16.2 Å². The molecule has 0 bridgehead atoms. The normalized spacial score (nSPS) is 10.7. The molecule has 1 aromatic heterocycles. The van der Waals surface area contributed by atoms with Gasteiger partial charge >= 0.3 is 5.97 Å². The predicted octanol–water partition coefficient (Wildman–Crippen LogP) is 5.35. The summed E-state index contributed by atoms with van der Waals surface area (Å²) in [4.78, 5) is 12.4. The summed E-state index contributed by atoms with van der Waals surface area (Å²) in [5.74, 6) is 0.0501. The fourth-order valence-corrected chi connectivity index (χ4v) is 3.58. The Morgan fingerprint density at radius 2 is 1.61 bits per heavy atom. The molecule has 3 aromatic carbocycles. The average Bonchev–Trinajstić information content (AvgIpc) is 3.29. The van der Waals surface area contributed by atoms with E-state index in [0.29, 0.717) is 22.7 Å². The molecule has 0 unspecified atom stereocenters. The lowest BCUT2D eigenvalue weighted by atomic mass is 10.1. The van der Waals surface area contributed by atoms with Crippen LogP contribution in [0.4, 0.5) is 11.4 Å². The highest BCUT2D eigenvalue weighted by Gasteiger charge is 2.12. The zero-order valence-electron chi connectivity index (χ0n) is 18.6. The molecule has 0 atom stereocenters. The third-order valence-electron chi connectivity index (χ3n) is 5.57. The van der Waals surface area contributed by atoms with Gasteiger partial charge in [-0.3, -0.25) is 0 Å². The van der Waals surface area contributed by atoms with Crippen molar-refractivity contribution < 1.29 is 9.53 Å². The van der Waals surface area contributed by atoms with Crippen LogP contribution in [0.15, 0.2) is 91.8 Å². The molecule has 4 aromatic rings. The minimum atomic E-state index is -0.450. The second kappa shape index (κ2) is 9.49. The van der Waals surface area contributed by atoms with E-state index in [1.807, 2.05) is 78.4 Å². The van der Waals surface area contributed by atoms with Crippen LogP contribution in [0.2, 0.25) is 0 Å². The molecule has 4 N–H and O–H groups in total. The minimum absolute atomic E-state index is 0.337. The van der Waals surface area contributed by atoms with E-state index in [9.17, 15) is 4.79 Å². The summed E-state index contributed by atoms with van der Waals surface area (Å²) in [7, 11) is 0. The zero-order chi connectivity index (χ0) is 23.4. The number of benzene rings is 3. The molecule has 0 aliphatic heterocycles. The number of ether oxygens (including phenoxy) is 1. The van der Waals surface area contributed by atoms with Gasteiger partial charge in [-0.2, -0.15) is 0 Å². The third kappa shape index (κ3) is 5.33. The highest BCUT2D eigenvalue weighted by Crippen LogP contribution is 2.22. The summed E-state index contributed by atoms with van der Waals surface area (Å²) in [5.41, 5.74) is 18.8. The number of rotatable bonds is 7. The molecule has 0 spiro atoms. The van der Waals surface area contributed by atoms with Gasteiger partial charge in [0.25, 0.3) is 0 Å². The van der Waals surface area contributed by atoms with E-state index in [-0.39, 0.29) is 0 Å². The van der Waals surface area contributed by atoms with Crippen LogP contribution in [-0.2, 0) is 17.6 Å². The first kappa shape index (κ1) is 22.0. The molecule has 4 rings (SSSR count). The maximum Gasteiger partial charge on any atom is 0.343 e. The van der Waals surface area contributed by atoms with Crippen LogP contribution in [0.3, 0.4) is 0 Å². The van der Waals surface area contributed by atoms with Crippen molar-refractivity contribution in [1.29, 1.82) is 0 Å². The van der Waals surface area contributed by atoms with Crippen molar-refractivity contribution in [2.45, 2.75) is 19.8 Å². The number of carbonyl (C=O) groups excluding carboxylic acids is 1. The largest absolute Gasteiger partial charge is 0.423 e. The number of esters is 1. The Hall–Kier alpha value is -4.25. The summed E-state index contributed by atoms with van der Waals surface area (Å²) in [6.07, 6.45) is 5.79. The van der Waals surface area contributed by atoms with E-state index in [1.165, 1.54) is 5.56 Å². The molecule has 5 nitrogen and oxygen atoms in total. The van der Waals surface area contributed by atoms with Crippen LogP contribution >= 0.6 is 0 Å². The predicted molar refractivity (Wildman–Crippen MR) is 134 cm³/mol. The van der Waals surface area contributed by atoms with Crippen molar-refractivity contribution in [3.8, 4) is 11.4 Å². The molecule has 33 heavy (non-hydrogen) atoms. The third-order valence-corrected chi connectivity index (χ3v) is 5.57. The minimum Gasteiger partial charge on any atom is -0.423 e. The number of nitrogen functional groups attached to an aromatic ring is 2. The van der Waals surface area contributed by atoms with Gasteiger partial charge in [-0.1, -0.05) is 48.5 Å². The van der Waals surface area contributed by atoms with Gasteiger partial charge in [-0.25, -0.2) is 4.79 Å². The fraction of sp³-hybridized carbons (Fsp3) is 0.107. The van der Waals surface area contributed by atoms with Crippen LogP contribution in [0.1, 0.15) is 22.3 Å². The molecule has 0 amide bonds. The van der Waals surface area contributed by atoms with E-state index < -0.39 is 5.97 Å². The number of anilines is 2. The molecule has 0 fully saturated rings. The summed E-state index contributed by atoms with van der Waals surface area (Å²) in [6, 6.07) is 22.8. The Kier molecular flexibility index (Phi) is 6.31. The highest BCUT2D eigenvalue weighted by atomic mass is 16.5. The van der Waals surface area contributed by atoms with Gasteiger partial charge in [0.2, 0.25) is 0 Å². The number of nitrogens with zero attached hydrogens (tertiary/aromatic N) is 1. The molecule has 0 radical (unpaired) electrons. The van der Waals surface area contributed by atoms with Crippen LogP contribution in [0.25, 0.3) is 11.3 Å². The summed E-state index contributed by atoms with van der Waals surface area (Å²) >= 11 is 0. The number of aryl methyl sites for hydroxylation is 3. The van der Waals surface area contributed by atoms with Crippen molar-refractivity contribution in [2.75, 3.05) is 11.5 Å². The van der Waals surface area contributed by atoms with Crippen molar-refractivity contribution >= 4 is 22.9 Å². The monoisotopic (exact) mass is 437 g/mol. The lowest BCUT2D eigenvalue weighted by Crippen LogP contribution is -2.09. The van der Waals surface area contributed by atoms with Crippen molar-refractivity contribution in [3.05, 3.63) is 114 Å². The first-order valence-electron chi connectivity index (χ1n) is 10.8. The molecular formula is C28H27N3O2. The summed E-state index contributed by atoms with van der Waals surface area (Å²) < 4.78 is 7.48.